The molecule has 7 rings (SSSR count). The molecule has 0 radical (unpaired) electrons. The van der Waals surface area contributed by atoms with Crippen molar-refractivity contribution in [3.8, 4) is 17.0 Å². The Morgan fingerprint density at radius 2 is 1.74 bits per heavy atom. The zero-order chi connectivity index (χ0) is 40.9. The number of urea groups is 1. The number of piperazine rings is 2. The Balaban J connectivity index is 0.898. The highest BCUT2D eigenvalue weighted by molar-refractivity contribution is 6.04. The molecule has 308 valence electrons. The summed E-state index contributed by atoms with van der Waals surface area (Å²) >= 11 is 0. The number of hydrogen-bond donors (Lipinski definition) is 3. The van der Waals surface area contributed by atoms with E-state index in [4.69, 9.17) is 0 Å². The quantitative estimate of drug-likeness (QED) is 0.243. The minimum atomic E-state index is -0.934. The first-order valence-corrected chi connectivity index (χ1v) is 20.0. The molecule has 2 aromatic carbocycles. The number of carbonyl (C=O) groups excluding carboxylic acids is 5. The molecule has 0 saturated carbocycles. The molecule has 4 aliphatic heterocycles. The van der Waals surface area contributed by atoms with Crippen LogP contribution in [0, 0.1) is 11.7 Å². The standard InChI is InChI=1S/C41H51FN10O6/c1-43-39(56)34(7-5-19-53)47(2)40(57)31-21-35(32(42)20-28(31)26-54)49-15-13-48(14-16-49)24-27-9-11-50(12-10-27)41(58)51-17-18-52-29(25-51)23-44-38-36(52)22-33(45-46-38)30-6-3-4-8-37(30)55/h3-4,6,8,19-22,26-27,29,34,55H,5,7,9-18,23-25H2,1-2H3,(H,43,56)(H,44,46). The average Bonchev–Trinajstić information content (AvgIpc) is 3.26. The van der Waals surface area contributed by atoms with Gasteiger partial charge in [-0.25, -0.2) is 9.18 Å². The largest absolute Gasteiger partial charge is 0.507 e. The third-order valence-electron chi connectivity index (χ3n) is 12.0. The predicted molar refractivity (Wildman–Crippen MR) is 216 cm³/mol. The number of aldehydes is 2. The van der Waals surface area contributed by atoms with Crippen LogP contribution in [0.5, 0.6) is 5.75 Å². The van der Waals surface area contributed by atoms with Gasteiger partial charge in [-0.1, -0.05) is 12.1 Å². The maximum Gasteiger partial charge on any atom is 0.320 e. The van der Waals surface area contributed by atoms with Gasteiger partial charge in [0.1, 0.15) is 23.9 Å². The number of nitrogens with zero attached hydrogens (tertiary/aromatic N) is 8. The third-order valence-corrected chi connectivity index (χ3v) is 12.0. The van der Waals surface area contributed by atoms with Crippen LogP contribution in [0.1, 0.15) is 46.4 Å². The molecule has 4 amide bonds. The second-order valence-electron chi connectivity index (χ2n) is 15.5. The molecule has 0 spiro atoms. The Bertz CT molecular complexity index is 2020. The van der Waals surface area contributed by atoms with E-state index < -0.39 is 23.7 Å². The molecule has 0 aliphatic carbocycles. The van der Waals surface area contributed by atoms with E-state index in [2.05, 4.69) is 30.6 Å². The van der Waals surface area contributed by atoms with Crippen LogP contribution in [0.2, 0.25) is 0 Å². The van der Waals surface area contributed by atoms with Crippen molar-refractivity contribution in [2.75, 3.05) is 101 Å². The average molecular weight is 799 g/mol. The first-order valence-electron chi connectivity index (χ1n) is 20.0. The number of para-hydroxylation sites is 1. The van der Waals surface area contributed by atoms with E-state index >= 15 is 4.39 Å². The molecule has 4 aliphatic rings. The third kappa shape index (κ3) is 8.40. The predicted octanol–water partition coefficient (Wildman–Crippen LogP) is 2.54. The number of hydrogen-bond acceptors (Lipinski definition) is 12. The van der Waals surface area contributed by atoms with Gasteiger partial charge in [0.05, 0.1) is 28.7 Å². The molecule has 5 heterocycles. The first-order chi connectivity index (χ1) is 28.1. The van der Waals surface area contributed by atoms with Crippen LogP contribution >= 0.6 is 0 Å². The number of anilines is 3. The van der Waals surface area contributed by atoms with E-state index in [1.807, 2.05) is 32.9 Å². The number of piperidine rings is 1. The highest BCUT2D eigenvalue weighted by Gasteiger charge is 2.37. The summed E-state index contributed by atoms with van der Waals surface area (Å²) in [5, 5.41) is 25.0. The summed E-state index contributed by atoms with van der Waals surface area (Å²) in [6.07, 6.45) is 3.08. The molecule has 2 atom stereocenters. The Morgan fingerprint density at radius 1 is 0.983 bits per heavy atom. The fourth-order valence-corrected chi connectivity index (χ4v) is 8.65. The van der Waals surface area contributed by atoms with Crippen molar-refractivity contribution >= 4 is 47.6 Å². The number of halogens is 1. The molecule has 2 unspecified atom stereocenters. The van der Waals surface area contributed by atoms with Crippen LogP contribution in [0.3, 0.4) is 0 Å². The summed E-state index contributed by atoms with van der Waals surface area (Å²) in [5.74, 6) is -0.391. The molecule has 3 fully saturated rings. The summed E-state index contributed by atoms with van der Waals surface area (Å²) < 4.78 is 15.4. The number of likely N-dealkylation sites (N-methyl/N-ethyl adjacent to an activating group) is 2. The van der Waals surface area contributed by atoms with Crippen molar-refractivity contribution in [1.82, 2.24) is 35.1 Å². The van der Waals surface area contributed by atoms with E-state index in [0.717, 1.165) is 31.1 Å². The number of phenolic OH excluding ortho intramolecular Hbond substituents is 1. The van der Waals surface area contributed by atoms with Crippen molar-refractivity contribution in [2.24, 2.45) is 5.92 Å². The molecule has 3 saturated heterocycles. The van der Waals surface area contributed by atoms with Crippen LogP contribution < -0.4 is 20.4 Å². The topological polar surface area (TPSA) is 175 Å². The zero-order valence-corrected chi connectivity index (χ0v) is 33.0. The Hall–Kier alpha value is -5.84. The van der Waals surface area contributed by atoms with Gasteiger partial charge in [-0.3, -0.25) is 19.3 Å². The number of benzene rings is 2. The van der Waals surface area contributed by atoms with Crippen molar-refractivity contribution in [1.29, 1.82) is 0 Å². The number of amides is 4. The molecule has 16 nitrogen and oxygen atoms in total. The van der Waals surface area contributed by atoms with Crippen LogP contribution in [-0.4, -0.2) is 163 Å². The van der Waals surface area contributed by atoms with Gasteiger partial charge in [-0.05, 0) is 55.5 Å². The van der Waals surface area contributed by atoms with Gasteiger partial charge >= 0.3 is 6.03 Å². The first kappa shape index (κ1) is 40.4. The molecule has 3 aromatic rings. The lowest BCUT2D eigenvalue weighted by molar-refractivity contribution is -0.125. The Morgan fingerprint density at radius 3 is 2.45 bits per heavy atom. The van der Waals surface area contributed by atoms with Gasteiger partial charge in [-0.15, -0.1) is 10.2 Å². The van der Waals surface area contributed by atoms with Gasteiger partial charge in [0, 0.05) is 104 Å². The van der Waals surface area contributed by atoms with Gasteiger partial charge < -0.3 is 45.0 Å². The summed E-state index contributed by atoms with van der Waals surface area (Å²) in [4.78, 5) is 74.4. The summed E-state index contributed by atoms with van der Waals surface area (Å²) in [6.45, 7) is 7.15. The van der Waals surface area contributed by atoms with Gasteiger partial charge in [0.15, 0.2) is 12.1 Å². The van der Waals surface area contributed by atoms with E-state index in [0.29, 0.717) is 101 Å². The summed E-state index contributed by atoms with van der Waals surface area (Å²) in [6, 6.07) is 10.7. The molecule has 58 heavy (non-hydrogen) atoms. The number of phenols is 1. The van der Waals surface area contributed by atoms with E-state index in [1.165, 1.54) is 25.1 Å². The number of likely N-dealkylation sites (tertiary alicyclic amines) is 1. The minimum Gasteiger partial charge on any atom is -0.507 e. The number of rotatable bonds is 11. The van der Waals surface area contributed by atoms with Crippen molar-refractivity contribution in [3.05, 3.63) is 59.4 Å². The molecule has 1 aromatic heterocycles. The highest BCUT2D eigenvalue weighted by atomic mass is 19.1. The number of fused-ring (bicyclic) bond motifs is 3. The molecule has 17 heteroatoms. The monoisotopic (exact) mass is 798 g/mol. The van der Waals surface area contributed by atoms with Crippen molar-refractivity contribution in [3.63, 3.8) is 0 Å². The number of nitrogens with one attached hydrogen (secondary N) is 2. The van der Waals surface area contributed by atoms with Crippen molar-refractivity contribution < 1.29 is 33.5 Å². The maximum atomic E-state index is 15.4. The number of aromatic hydroxyl groups is 1. The minimum absolute atomic E-state index is 0.00515. The van der Waals surface area contributed by atoms with E-state index in [1.54, 1.807) is 12.1 Å². The smallest absolute Gasteiger partial charge is 0.320 e. The second-order valence-corrected chi connectivity index (χ2v) is 15.5. The van der Waals surface area contributed by atoms with Crippen LogP contribution in [-0.2, 0) is 9.59 Å². The fraction of sp³-hybridized carbons (Fsp3) is 0.488. The Labute approximate surface area is 336 Å². The van der Waals surface area contributed by atoms with Crippen LogP contribution in [0.15, 0.2) is 42.5 Å². The lowest BCUT2D eigenvalue weighted by Crippen LogP contribution is -2.61. The van der Waals surface area contributed by atoms with Gasteiger partial charge in [0.25, 0.3) is 5.91 Å². The lowest BCUT2D eigenvalue weighted by atomic mass is 9.96. The Kier molecular flexibility index (Phi) is 12.4. The molecule has 3 N–H and O–H groups in total. The molecular weight excluding hydrogens is 748 g/mol. The van der Waals surface area contributed by atoms with Gasteiger partial charge in [0.2, 0.25) is 5.91 Å². The number of aromatic nitrogens is 2. The van der Waals surface area contributed by atoms with E-state index in [9.17, 15) is 29.1 Å². The van der Waals surface area contributed by atoms with Gasteiger partial charge in [-0.2, -0.15) is 0 Å². The summed E-state index contributed by atoms with van der Waals surface area (Å²) in [7, 11) is 2.88. The highest BCUT2D eigenvalue weighted by Crippen LogP contribution is 2.36. The fourth-order valence-electron chi connectivity index (χ4n) is 8.65. The molecule has 0 bridgehead atoms. The lowest BCUT2D eigenvalue weighted by Gasteiger charge is -2.47. The van der Waals surface area contributed by atoms with E-state index in [-0.39, 0.29) is 47.5 Å². The normalized spacial score (nSPS) is 19.1. The number of carbonyl (C=O) groups is 5. The van der Waals surface area contributed by atoms with Crippen LogP contribution in [0.4, 0.5) is 26.4 Å². The van der Waals surface area contributed by atoms with Crippen molar-refractivity contribution in [2.45, 2.75) is 37.8 Å². The second kappa shape index (κ2) is 17.7. The summed E-state index contributed by atoms with van der Waals surface area (Å²) in [5.41, 5.74) is 2.24. The SMILES string of the molecule is CNC(=O)C(CCC=O)N(C)C(=O)c1cc(N2CCN(CC3CCN(C(=O)N4CCN5c6cc(-c7ccccc7O)nnc6NCC5C4)CC3)CC2)c(F)cc1C=O. The van der Waals surface area contributed by atoms with Crippen LogP contribution in [0.25, 0.3) is 11.3 Å². The molecular formula is C41H51FN10O6. The maximum absolute atomic E-state index is 15.4. The zero-order valence-electron chi connectivity index (χ0n) is 33.0.